The van der Waals surface area contributed by atoms with E-state index < -0.39 is 12.0 Å². The number of hydrogen-bond acceptors (Lipinski definition) is 2. The van der Waals surface area contributed by atoms with E-state index in [0.29, 0.717) is 12.8 Å². The maximum absolute atomic E-state index is 12.4. The molecule has 4 heteroatoms. The number of benzene rings is 1. The average molecular weight is 289 g/mol. The fourth-order valence-electron chi connectivity index (χ4n) is 2.80. The van der Waals surface area contributed by atoms with Crippen molar-refractivity contribution in [3.05, 3.63) is 34.9 Å². The summed E-state index contributed by atoms with van der Waals surface area (Å²) >= 11 is 0. The number of carboxylic acids is 1. The summed E-state index contributed by atoms with van der Waals surface area (Å²) in [5.74, 6) is -0.979. The zero-order valence-corrected chi connectivity index (χ0v) is 12.9. The van der Waals surface area contributed by atoms with Crippen molar-refractivity contribution in [2.24, 2.45) is 0 Å². The van der Waals surface area contributed by atoms with E-state index in [1.54, 1.807) is 11.8 Å². The smallest absolute Gasteiger partial charge is 0.326 e. The van der Waals surface area contributed by atoms with Gasteiger partial charge in [-0.25, -0.2) is 4.79 Å². The lowest BCUT2D eigenvalue weighted by atomic mass is 10.0. The number of hydrogen-bond donors (Lipinski definition) is 1. The summed E-state index contributed by atoms with van der Waals surface area (Å²) in [5, 5.41) is 9.14. The Labute approximate surface area is 125 Å². The second-order valence-electron chi connectivity index (χ2n) is 6.04. The third kappa shape index (κ3) is 4.06. The predicted molar refractivity (Wildman–Crippen MR) is 81.2 cm³/mol. The van der Waals surface area contributed by atoms with E-state index in [4.69, 9.17) is 5.11 Å². The molecule has 1 unspecified atom stereocenters. The molecule has 114 valence electrons. The van der Waals surface area contributed by atoms with E-state index in [1.807, 2.05) is 13.8 Å². The lowest BCUT2D eigenvalue weighted by molar-refractivity contribution is -0.150. The summed E-state index contributed by atoms with van der Waals surface area (Å²) in [7, 11) is 0. The van der Waals surface area contributed by atoms with Gasteiger partial charge < -0.3 is 10.0 Å². The van der Waals surface area contributed by atoms with Crippen molar-refractivity contribution in [1.29, 1.82) is 0 Å². The third-order valence-corrected chi connectivity index (χ3v) is 3.91. The first-order chi connectivity index (χ1) is 9.88. The highest BCUT2D eigenvalue weighted by Gasteiger charge is 2.37. The standard InChI is InChI=1S/C17H23NO3/c1-11-8-12(2)10-14(9-11)4-7-16(19)18(15-5-6-15)13(3)17(20)21/h8-10,13,15H,4-7H2,1-3H3,(H,20,21). The van der Waals surface area contributed by atoms with Crippen LogP contribution in [0.5, 0.6) is 0 Å². The van der Waals surface area contributed by atoms with E-state index in [2.05, 4.69) is 18.2 Å². The van der Waals surface area contributed by atoms with Crippen LogP contribution in [0.1, 0.15) is 42.9 Å². The lowest BCUT2D eigenvalue weighted by Crippen LogP contribution is -2.44. The molecule has 1 aromatic carbocycles. The minimum absolute atomic E-state index is 0.0495. The number of nitrogens with zero attached hydrogens (tertiary/aromatic N) is 1. The molecule has 0 radical (unpaired) electrons. The molecule has 1 aliphatic carbocycles. The van der Waals surface area contributed by atoms with Gasteiger partial charge in [-0.2, -0.15) is 0 Å². The van der Waals surface area contributed by atoms with Gasteiger partial charge in [0.05, 0.1) is 0 Å². The van der Waals surface area contributed by atoms with Gasteiger partial charge in [-0.1, -0.05) is 29.3 Å². The Morgan fingerprint density at radius 1 is 1.24 bits per heavy atom. The van der Waals surface area contributed by atoms with Crippen LogP contribution in [0.3, 0.4) is 0 Å². The Morgan fingerprint density at radius 2 is 1.81 bits per heavy atom. The second kappa shape index (κ2) is 6.29. The minimum atomic E-state index is -0.929. The Morgan fingerprint density at radius 3 is 2.29 bits per heavy atom. The molecule has 0 heterocycles. The van der Waals surface area contributed by atoms with Gasteiger partial charge >= 0.3 is 5.97 Å². The van der Waals surface area contributed by atoms with Crippen molar-refractivity contribution in [2.75, 3.05) is 0 Å². The maximum atomic E-state index is 12.4. The van der Waals surface area contributed by atoms with Crippen LogP contribution in [0, 0.1) is 13.8 Å². The highest BCUT2D eigenvalue weighted by atomic mass is 16.4. The van der Waals surface area contributed by atoms with Crippen LogP contribution >= 0.6 is 0 Å². The number of carboxylic acid groups (broad SMARTS) is 1. The Hall–Kier alpha value is -1.84. The first kappa shape index (κ1) is 15.5. The van der Waals surface area contributed by atoms with Gasteiger partial charge in [0, 0.05) is 12.5 Å². The number of aryl methyl sites for hydroxylation is 3. The highest BCUT2D eigenvalue weighted by Crippen LogP contribution is 2.29. The molecule has 1 aromatic rings. The predicted octanol–water partition coefficient (Wildman–Crippen LogP) is 2.70. The number of rotatable bonds is 6. The molecule has 0 spiro atoms. The van der Waals surface area contributed by atoms with Crippen LogP contribution in [0.15, 0.2) is 18.2 Å². The van der Waals surface area contributed by atoms with Gasteiger partial charge in [0.1, 0.15) is 6.04 Å². The average Bonchev–Trinajstić information content (AvgIpc) is 3.19. The highest BCUT2D eigenvalue weighted by molar-refractivity contribution is 5.84. The molecule has 1 aliphatic rings. The summed E-state index contributed by atoms with van der Waals surface area (Å²) in [6, 6.07) is 5.67. The molecule has 4 nitrogen and oxygen atoms in total. The topological polar surface area (TPSA) is 57.6 Å². The molecule has 1 atom stereocenters. The lowest BCUT2D eigenvalue weighted by Gasteiger charge is -2.26. The molecule has 1 saturated carbocycles. The van der Waals surface area contributed by atoms with E-state index >= 15 is 0 Å². The largest absolute Gasteiger partial charge is 0.480 e. The van der Waals surface area contributed by atoms with Crippen molar-refractivity contribution in [3.8, 4) is 0 Å². The number of aliphatic carboxylic acids is 1. The fourth-order valence-corrected chi connectivity index (χ4v) is 2.80. The summed E-state index contributed by atoms with van der Waals surface area (Å²) < 4.78 is 0. The zero-order valence-electron chi connectivity index (χ0n) is 12.9. The zero-order chi connectivity index (χ0) is 15.6. The van der Waals surface area contributed by atoms with Gasteiger partial charge in [-0.3, -0.25) is 4.79 Å². The van der Waals surface area contributed by atoms with Crippen molar-refractivity contribution in [2.45, 2.75) is 58.5 Å². The van der Waals surface area contributed by atoms with Gasteiger partial charge in [0.2, 0.25) is 5.91 Å². The molecular weight excluding hydrogens is 266 g/mol. The summed E-state index contributed by atoms with van der Waals surface area (Å²) in [5.41, 5.74) is 3.52. The van der Waals surface area contributed by atoms with Crippen LogP contribution in [-0.2, 0) is 16.0 Å². The Bertz CT molecular complexity index is 529. The van der Waals surface area contributed by atoms with E-state index in [0.717, 1.165) is 18.4 Å². The summed E-state index contributed by atoms with van der Waals surface area (Å²) in [4.78, 5) is 25.1. The maximum Gasteiger partial charge on any atom is 0.326 e. The molecule has 1 fully saturated rings. The van der Waals surface area contributed by atoms with Crippen molar-refractivity contribution < 1.29 is 14.7 Å². The van der Waals surface area contributed by atoms with Crippen LogP contribution in [0.25, 0.3) is 0 Å². The molecule has 0 saturated heterocycles. The van der Waals surface area contributed by atoms with Crippen LogP contribution < -0.4 is 0 Å². The van der Waals surface area contributed by atoms with Crippen LogP contribution in [0.4, 0.5) is 0 Å². The summed E-state index contributed by atoms with van der Waals surface area (Å²) in [6.07, 6.45) is 2.88. The number of carbonyl (C=O) groups excluding carboxylic acids is 1. The van der Waals surface area contributed by atoms with Gasteiger partial charge in [0.25, 0.3) is 0 Å². The second-order valence-corrected chi connectivity index (χ2v) is 6.04. The monoisotopic (exact) mass is 289 g/mol. The Balaban J connectivity index is 2.00. The molecule has 1 amide bonds. The van der Waals surface area contributed by atoms with Gasteiger partial charge in [-0.05, 0) is 45.6 Å². The fraction of sp³-hybridized carbons (Fsp3) is 0.529. The van der Waals surface area contributed by atoms with E-state index in [1.165, 1.54) is 11.1 Å². The van der Waals surface area contributed by atoms with Crippen molar-refractivity contribution >= 4 is 11.9 Å². The molecule has 0 aromatic heterocycles. The van der Waals surface area contributed by atoms with Crippen molar-refractivity contribution in [3.63, 3.8) is 0 Å². The van der Waals surface area contributed by atoms with Gasteiger partial charge in [0.15, 0.2) is 0 Å². The molecular formula is C17H23NO3. The molecule has 0 aliphatic heterocycles. The molecule has 21 heavy (non-hydrogen) atoms. The quantitative estimate of drug-likeness (QED) is 0.876. The first-order valence-electron chi connectivity index (χ1n) is 7.49. The Kier molecular flexibility index (Phi) is 4.66. The minimum Gasteiger partial charge on any atom is -0.480 e. The van der Waals surface area contributed by atoms with Gasteiger partial charge in [-0.15, -0.1) is 0 Å². The number of amides is 1. The first-order valence-corrected chi connectivity index (χ1v) is 7.49. The van der Waals surface area contributed by atoms with Crippen LogP contribution in [0.2, 0.25) is 0 Å². The molecule has 2 rings (SSSR count). The van der Waals surface area contributed by atoms with E-state index in [-0.39, 0.29) is 11.9 Å². The van der Waals surface area contributed by atoms with E-state index in [9.17, 15) is 9.59 Å². The SMILES string of the molecule is Cc1cc(C)cc(CCC(=O)N(C2CC2)C(C)C(=O)O)c1. The van der Waals surface area contributed by atoms with Crippen molar-refractivity contribution in [1.82, 2.24) is 4.90 Å². The molecule has 0 bridgehead atoms. The summed E-state index contributed by atoms with van der Waals surface area (Å²) in [6.45, 7) is 5.68. The van der Waals surface area contributed by atoms with Crippen LogP contribution in [-0.4, -0.2) is 34.0 Å². The third-order valence-electron chi connectivity index (χ3n) is 3.91. The normalized spacial score (nSPS) is 15.6. The molecule has 1 N–H and O–H groups in total. The number of carbonyl (C=O) groups is 2.